The molecule has 0 saturated carbocycles. The second kappa shape index (κ2) is 6.87. The summed E-state index contributed by atoms with van der Waals surface area (Å²) in [5.74, 6) is 1.75. The first-order valence-corrected chi connectivity index (χ1v) is 7.35. The lowest BCUT2D eigenvalue weighted by atomic mass is 10.1. The van der Waals surface area contributed by atoms with E-state index in [2.05, 4.69) is 20.3 Å². The van der Waals surface area contributed by atoms with Crippen LogP contribution in [0.2, 0.25) is 0 Å². The minimum atomic E-state index is -0.270. The second-order valence-electron chi connectivity index (χ2n) is 4.90. The van der Waals surface area contributed by atoms with Crippen LogP contribution in [0, 0.1) is 0 Å². The predicted molar refractivity (Wildman–Crippen MR) is 83.2 cm³/mol. The topological polar surface area (TPSA) is 93.9 Å². The van der Waals surface area contributed by atoms with Crippen LogP contribution in [0.5, 0.6) is 5.75 Å². The van der Waals surface area contributed by atoms with Crippen molar-refractivity contribution >= 4 is 0 Å². The molecule has 2 heterocycles. The molecule has 0 radical (unpaired) electrons. The minimum absolute atomic E-state index is 0.270. The molecule has 0 aliphatic rings. The van der Waals surface area contributed by atoms with E-state index in [0.717, 1.165) is 17.7 Å². The summed E-state index contributed by atoms with van der Waals surface area (Å²) in [7, 11) is 0. The van der Waals surface area contributed by atoms with E-state index in [0.29, 0.717) is 30.4 Å². The minimum Gasteiger partial charge on any atom is -0.494 e. The van der Waals surface area contributed by atoms with Crippen LogP contribution in [-0.2, 0) is 12.8 Å². The maximum atomic E-state index is 11.0. The van der Waals surface area contributed by atoms with Gasteiger partial charge in [0.15, 0.2) is 0 Å². The molecule has 0 spiro atoms. The van der Waals surface area contributed by atoms with Gasteiger partial charge in [-0.15, -0.1) is 0 Å². The molecule has 0 amide bonds. The molecule has 0 unspecified atom stereocenters. The van der Waals surface area contributed by atoms with Gasteiger partial charge in [0.1, 0.15) is 11.4 Å². The van der Waals surface area contributed by atoms with Crippen LogP contribution in [0.1, 0.15) is 18.4 Å². The van der Waals surface area contributed by atoms with Crippen LogP contribution < -0.4 is 10.3 Å². The molecule has 3 aromatic rings. The Balaban J connectivity index is 1.62. The lowest BCUT2D eigenvalue weighted by molar-refractivity contribution is 0.340. The molecule has 7 heteroatoms. The lowest BCUT2D eigenvalue weighted by Crippen LogP contribution is -2.05. The van der Waals surface area contributed by atoms with E-state index in [4.69, 9.17) is 9.26 Å². The summed E-state index contributed by atoms with van der Waals surface area (Å²) in [5.41, 5.74) is 1.36. The Kier molecular flexibility index (Phi) is 4.46. The first-order valence-electron chi connectivity index (χ1n) is 7.35. The van der Waals surface area contributed by atoms with E-state index >= 15 is 0 Å². The molecule has 118 valence electrons. The van der Waals surface area contributed by atoms with Crippen molar-refractivity contribution in [3.8, 4) is 17.3 Å². The summed E-state index contributed by atoms with van der Waals surface area (Å²) >= 11 is 0. The fourth-order valence-corrected chi connectivity index (χ4v) is 2.10. The van der Waals surface area contributed by atoms with Gasteiger partial charge >= 0.3 is 0 Å². The molecule has 0 aliphatic carbocycles. The number of nitrogens with one attached hydrogen (secondary N) is 1. The number of benzene rings is 1. The van der Waals surface area contributed by atoms with Gasteiger partial charge in [-0.2, -0.15) is 10.1 Å². The van der Waals surface area contributed by atoms with Crippen molar-refractivity contribution in [1.29, 1.82) is 0 Å². The molecule has 0 aliphatic heterocycles. The Morgan fingerprint density at radius 1 is 1.13 bits per heavy atom. The van der Waals surface area contributed by atoms with Gasteiger partial charge in [-0.05, 0) is 37.1 Å². The lowest BCUT2D eigenvalue weighted by Gasteiger charge is -2.03. The zero-order valence-corrected chi connectivity index (χ0v) is 12.7. The summed E-state index contributed by atoms with van der Waals surface area (Å²) in [6.45, 7) is 2.61. The molecule has 2 aromatic heterocycles. The van der Waals surface area contributed by atoms with E-state index in [9.17, 15) is 4.79 Å². The summed E-state index contributed by atoms with van der Waals surface area (Å²) in [5, 5.41) is 10.1. The molecule has 0 bridgehead atoms. The highest BCUT2D eigenvalue weighted by Gasteiger charge is 2.10. The highest BCUT2D eigenvalue weighted by molar-refractivity contribution is 5.46. The van der Waals surface area contributed by atoms with Gasteiger partial charge in [-0.1, -0.05) is 17.3 Å². The van der Waals surface area contributed by atoms with E-state index in [1.165, 1.54) is 6.07 Å². The average molecular weight is 312 g/mol. The van der Waals surface area contributed by atoms with Crippen LogP contribution in [0.3, 0.4) is 0 Å². The SMILES string of the molecule is CCOc1ccc(CCc2nc(-c3ccc(=O)[nH]n3)no2)cc1. The number of hydrogen-bond donors (Lipinski definition) is 1. The van der Waals surface area contributed by atoms with Gasteiger partial charge in [0.05, 0.1) is 6.61 Å². The molecule has 7 nitrogen and oxygen atoms in total. The predicted octanol–water partition coefficient (Wildman–Crippen LogP) is 2.00. The number of aryl methyl sites for hydroxylation is 2. The summed E-state index contributed by atoms with van der Waals surface area (Å²) < 4.78 is 10.6. The van der Waals surface area contributed by atoms with Crippen LogP contribution in [-0.4, -0.2) is 26.9 Å². The normalized spacial score (nSPS) is 10.7. The molecule has 3 rings (SSSR count). The summed E-state index contributed by atoms with van der Waals surface area (Å²) in [6.07, 6.45) is 1.41. The monoisotopic (exact) mass is 312 g/mol. The molecular weight excluding hydrogens is 296 g/mol. The number of aromatic amines is 1. The summed E-state index contributed by atoms with van der Waals surface area (Å²) in [4.78, 5) is 15.3. The fourth-order valence-electron chi connectivity index (χ4n) is 2.10. The average Bonchev–Trinajstić information content (AvgIpc) is 3.04. The van der Waals surface area contributed by atoms with Crippen molar-refractivity contribution in [3.63, 3.8) is 0 Å². The second-order valence-corrected chi connectivity index (χ2v) is 4.90. The van der Waals surface area contributed by atoms with Crippen LogP contribution in [0.15, 0.2) is 45.7 Å². The number of ether oxygens (including phenoxy) is 1. The standard InChI is InChI=1S/C16H16N4O3/c1-2-22-12-6-3-11(4-7-12)5-10-15-17-16(20-23-15)13-8-9-14(21)19-18-13/h3-4,6-9H,2,5,10H2,1H3,(H,19,21). The first kappa shape index (κ1) is 15.0. The number of nitrogens with zero attached hydrogens (tertiary/aromatic N) is 3. The largest absolute Gasteiger partial charge is 0.494 e. The maximum absolute atomic E-state index is 11.0. The maximum Gasteiger partial charge on any atom is 0.264 e. The fraction of sp³-hybridized carbons (Fsp3) is 0.250. The van der Waals surface area contributed by atoms with E-state index in [-0.39, 0.29) is 5.56 Å². The number of rotatable bonds is 6. The first-order chi connectivity index (χ1) is 11.2. The number of hydrogen-bond acceptors (Lipinski definition) is 6. The van der Waals surface area contributed by atoms with Crippen molar-refractivity contribution in [3.05, 3.63) is 58.2 Å². The van der Waals surface area contributed by atoms with Gasteiger partial charge in [0.2, 0.25) is 11.7 Å². The Labute approximate surface area is 132 Å². The van der Waals surface area contributed by atoms with Crippen molar-refractivity contribution in [1.82, 2.24) is 20.3 Å². The zero-order chi connectivity index (χ0) is 16.1. The molecule has 0 fully saturated rings. The van der Waals surface area contributed by atoms with E-state index < -0.39 is 0 Å². The van der Waals surface area contributed by atoms with Crippen LogP contribution in [0.25, 0.3) is 11.5 Å². The van der Waals surface area contributed by atoms with E-state index in [1.54, 1.807) is 6.07 Å². The third-order valence-electron chi connectivity index (χ3n) is 3.24. The molecular formula is C16H16N4O3. The Hall–Kier alpha value is -2.96. The summed E-state index contributed by atoms with van der Waals surface area (Å²) in [6, 6.07) is 10.9. The van der Waals surface area contributed by atoms with Crippen molar-refractivity contribution < 1.29 is 9.26 Å². The van der Waals surface area contributed by atoms with Crippen LogP contribution >= 0.6 is 0 Å². The molecule has 0 saturated heterocycles. The molecule has 0 atom stereocenters. The van der Waals surface area contributed by atoms with Crippen LogP contribution in [0.4, 0.5) is 0 Å². The third-order valence-corrected chi connectivity index (χ3v) is 3.24. The van der Waals surface area contributed by atoms with Gasteiger partial charge in [0, 0.05) is 12.5 Å². The van der Waals surface area contributed by atoms with Gasteiger partial charge in [0.25, 0.3) is 5.56 Å². The van der Waals surface area contributed by atoms with Gasteiger partial charge in [-0.25, -0.2) is 5.10 Å². The smallest absolute Gasteiger partial charge is 0.264 e. The van der Waals surface area contributed by atoms with E-state index in [1.807, 2.05) is 31.2 Å². The molecule has 23 heavy (non-hydrogen) atoms. The molecule has 1 aromatic carbocycles. The van der Waals surface area contributed by atoms with Crippen molar-refractivity contribution in [2.45, 2.75) is 19.8 Å². The van der Waals surface area contributed by atoms with Gasteiger partial charge < -0.3 is 9.26 Å². The van der Waals surface area contributed by atoms with Gasteiger partial charge in [-0.3, -0.25) is 4.79 Å². The third kappa shape index (κ3) is 3.82. The highest BCUT2D eigenvalue weighted by Crippen LogP contribution is 2.15. The number of aromatic nitrogens is 4. The van der Waals surface area contributed by atoms with Crippen molar-refractivity contribution in [2.75, 3.05) is 6.61 Å². The quantitative estimate of drug-likeness (QED) is 0.748. The molecule has 1 N–H and O–H groups in total. The van der Waals surface area contributed by atoms with Crippen molar-refractivity contribution in [2.24, 2.45) is 0 Å². The highest BCUT2D eigenvalue weighted by atomic mass is 16.5. The Morgan fingerprint density at radius 2 is 1.96 bits per heavy atom. The number of H-pyrrole nitrogens is 1. The Bertz CT molecular complexity index is 803. The zero-order valence-electron chi connectivity index (χ0n) is 12.7. The Morgan fingerprint density at radius 3 is 2.65 bits per heavy atom.